The molecule has 0 unspecified atom stereocenters. The van der Waals surface area contributed by atoms with Gasteiger partial charge in [0, 0.05) is 15.8 Å². The molecule has 1 amide bonds. The van der Waals surface area contributed by atoms with Crippen LogP contribution in [0.1, 0.15) is 15.2 Å². The van der Waals surface area contributed by atoms with E-state index in [0.717, 1.165) is 11.3 Å². The van der Waals surface area contributed by atoms with Crippen molar-refractivity contribution in [3.05, 3.63) is 63.7 Å². The molecule has 0 spiro atoms. The van der Waals surface area contributed by atoms with Gasteiger partial charge in [0.1, 0.15) is 10.7 Å². The van der Waals surface area contributed by atoms with Crippen molar-refractivity contribution in [2.75, 3.05) is 5.32 Å². The molecule has 5 nitrogen and oxygen atoms in total. The molecule has 3 N–H and O–H groups in total. The van der Waals surface area contributed by atoms with Gasteiger partial charge in [-0.3, -0.25) is 4.79 Å². The minimum absolute atomic E-state index is 0.267. The summed E-state index contributed by atoms with van der Waals surface area (Å²) in [6.07, 6.45) is 0. The number of hydrogen-bond acceptors (Lipinski definition) is 4. The number of nitrogens with two attached hydrogens (primary N) is 1. The molecule has 3 aromatic rings. The third kappa shape index (κ3) is 4.16. The smallest absolute Gasteiger partial charge is 0.267 e. The number of hydrogen-bond donors (Lipinski definition) is 2. The van der Waals surface area contributed by atoms with Crippen molar-refractivity contribution < 1.29 is 17.6 Å². The normalized spacial score (nSPS) is 11.6. The molecule has 0 saturated carbocycles. The van der Waals surface area contributed by atoms with E-state index in [2.05, 4.69) is 5.32 Å². The molecule has 0 aliphatic rings. The summed E-state index contributed by atoms with van der Waals surface area (Å²) >= 11 is 7.31. The summed E-state index contributed by atoms with van der Waals surface area (Å²) in [6, 6.07) is 10.4. The Balaban J connectivity index is 1.81. The molecular formula is C16H12ClFN2O3S2. The fraction of sp³-hybridized carbons (Fsp3) is 0.0625. The fourth-order valence-corrected chi connectivity index (χ4v) is 4.38. The number of nitrogens with one attached hydrogen (secondary N) is 1. The Morgan fingerprint density at radius 3 is 2.52 bits per heavy atom. The van der Waals surface area contributed by atoms with E-state index in [1.807, 2.05) is 0 Å². The Hall–Kier alpha value is -2.00. The predicted octanol–water partition coefficient (Wildman–Crippen LogP) is 3.73. The number of fused-ring (bicyclic) bond motifs is 1. The average molecular weight is 399 g/mol. The van der Waals surface area contributed by atoms with Gasteiger partial charge in [0.15, 0.2) is 0 Å². The van der Waals surface area contributed by atoms with Crippen molar-refractivity contribution in [1.82, 2.24) is 0 Å². The molecule has 3 rings (SSSR count). The fourth-order valence-electron chi connectivity index (χ4n) is 2.29. The predicted molar refractivity (Wildman–Crippen MR) is 98.0 cm³/mol. The van der Waals surface area contributed by atoms with Crippen LogP contribution >= 0.6 is 22.9 Å². The summed E-state index contributed by atoms with van der Waals surface area (Å²) in [5.74, 6) is -1.11. The van der Waals surface area contributed by atoms with Crippen LogP contribution in [-0.4, -0.2) is 14.3 Å². The molecule has 25 heavy (non-hydrogen) atoms. The monoisotopic (exact) mass is 398 g/mol. The maximum Gasteiger partial charge on any atom is 0.267 e. The molecule has 1 heterocycles. The summed E-state index contributed by atoms with van der Waals surface area (Å²) in [5, 5.41) is 8.55. The first-order chi connectivity index (χ1) is 11.7. The van der Waals surface area contributed by atoms with E-state index in [9.17, 15) is 17.6 Å². The van der Waals surface area contributed by atoms with Crippen LogP contribution in [0.15, 0.2) is 42.5 Å². The topological polar surface area (TPSA) is 89.3 Å². The van der Waals surface area contributed by atoms with Crippen LogP contribution < -0.4 is 10.5 Å². The van der Waals surface area contributed by atoms with Gasteiger partial charge >= 0.3 is 0 Å². The lowest BCUT2D eigenvalue weighted by Gasteiger charge is -2.05. The van der Waals surface area contributed by atoms with Gasteiger partial charge in [-0.1, -0.05) is 23.7 Å². The van der Waals surface area contributed by atoms with E-state index in [1.54, 1.807) is 24.3 Å². The molecular weight excluding hydrogens is 387 g/mol. The van der Waals surface area contributed by atoms with E-state index in [4.69, 9.17) is 16.7 Å². The third-order valence-corrected chi connectivity index (χ3v) is 5.77. The van der Waals surface area contributed by atoms with Crippen molar-refractivity contribution in [1.29, 1.82) is 0 Å². The SMILES string of the molecule is NS(=O)(=O)Cc1ccc(NC(=O)c2sc3cc(F)ccc3c2Cl)cc1. The van der Waals surface area contributed by atoms with E-state index in [-0.39, 0.29) is 15.7 Å². The summed E-state index contributed by atoms with van der Waals surface area (Å²) in [4.78, 5) is 12.7. The van der Waals surface area contributed by atoms with Gasteiger partial charge in [-0.05, 0) is 35.9 Å². The zero-order valence-corrected chi connectivity index (χ0v) is 15.0. The van der Waals surface area contributed by atoms with E-state index in [1.165, 1.54) is 18.2 Å². The van der Waals surface area contributed by atoms with Gasteiger partial charge in [0.2, 0.25) is 10.0 Å². The molecule has 0 radical (unpaired) electrons. The minimum atomic E-state index is -3.61. The van der Waals surface area contributed by atoms with Crippen LogP contribution in [0, 0.1) is 5.82 Å². The molecule has 1 aromatic heterocycles. The zero-order chi connectivity index (χ0) is 18.2. The second-order valence-corrected chi connectivity index (χ2v) is 8.39. The Kier molecular flexibility index (Phi) is 4.79. The number of sulfonamides is 1. The van der Waals surface area contributed by atoms with Gasteiger partial charge in [0.25, 0.3) is 5.91 Å². The van der Waals surface area contributed by atoms with Gasteiger partial charge in [-0.2, -0.15) is 0 Å². The number of rotatable bonds is 4. The lowest BCUT2D eigenvalue weighted by molar-refractivity contribution is 0.103. The number of thiophene rings is 1. The first-order valence-electron chi connectivity index (χ1n) is 7.01. The molecule has 0 saturated heterocycles. The highest BCUT2D eigenvalue weighted by atomic mass is 35.5. The van der Waals surface area contributed by atoms with Gasteiger partial charge in [-0.15, -0.1) is 11.3 Å². The molecule has 0 aliphatic carbocycles. The summed E-state index contributed by atoms with van der Waals surface area (Å²) in [5.41, 5.74) is 0.985. The maximum absolute atomic E-state index is 13.3. The molecule has 2 aromatic carbocycles. The summed E-state index contributed by atoms with van der Waals surface area (Å²) in [6.45, 7) is 0. The lowest BCUT2D eigenvalue weighted by atomic mass is 10.2. The Labute approximate surface area is 152 Å². The Morgan fingerprint density at radius 1 is 1.20 bits per heavy atom. The quantitative estimate of drug-likeness (QED) is 0.701. The molecule has 0 bridgehead atoms. The number of halogens is 2. The van der Waals surface area contributed by atoms with E-state index < -0.39 is 21.7 Å². The van der Waals surface area contributed by atoms with Crippen LogP contribution in [0.25, 0.3) is 10.1 Å². The average Bonchev–Trinajstić information content (AvgIpc) is 2.84. The summed E-state index contributed by atoms with van der Waals surface area (Å²) < 4.78 is 36.0. The minimum Gasteiger partial charge on any atom is -0.321 e. The highest BCUT2D eigenvalue weighted by molar-refractivity contribution is 7.88. The van der Waals surface area contributed by atoms with Crippen LogP contribution in [-0.2, 0) is 15.8 Å². The number of amides is 1. The Bertz CT molecular complexity index is 1060. The van der Waals surface area contributed by atoms with Gasteiger partial charge < -0.3 is 5.32 Å². The number of anilines is 1. The molecule has 0 fully saturated rings. The molecule has 9 heteroatoms. The highest BCUT2D eigenvalue weighted by Crippen LogP contribution is 2.36. The van der Waals surface area contributed by atoms with Crippen molar-refractivity contribution in [2.45, 2.75) is 5.75 Å². The summed E-state index contributed by atoms with van der Waals surface area (Å²) in [7, 11) is -3.61. The second kappa shape index (κ2) is 6.72. The van der Waals surface area contributed by atoms with Crippen LogP contribution in [0.2, 0.25) is 5.02 Å². The van der Waals surface area contributed by atoms with E-state index in [0.29, 0.717) is 21.3 Å². The van der Waals surface area contributed by atoms with Crippen LogP contribution in [0.5, 0.6) is 0 Å². The highest BCUT2D eigenvalue weighted by Gasteiger charge is 2.17. The zero-order valence-electron chi connectivity index (χ0n) is 12.6. The van der Waals surface area contributed by atoms with Crippen LogP contribution in [0.4, 0.5) is 10.1 Å². The van der Waals surface area contributed by atoms with E-state index >= 15 is 0 Å². The van der Waals surface area contributed by atoms with Crippen molar-refractivity contribution in [3.8, 4) is 0 Å². The van der Waals surface area contributed by atoms with Gasteiger partial charge in [0.05, 0.1) is 10.8 Å². The van der Waals surface area contributed by atoms with Crippen molar-refractivity contribution >= 4 is 54.6 Å². The standard InChI is InChI=1S/C16H12ClFN2O3S2/c17-14-12-6-3-10(18)7-13(12)24-15(14)16(21)20-11-4-1-9(2-5-11)8-25(19,22)23/h1-7H,8H2,(H,20,21)(H2,19,22,23). The molecule has 130 valence electrons. The Morgan fingerprint density at radius 2 is 1.88 bits per heavy atom. The largest absolute Gasteiger partial charge is 0.321 e. The third-order valence-electron chi connectivity index (χ3n) is 3.38. The number of primary sulfonamides is 1. The maximum atomic E-state index is 13.3. The van der Waals surface area contributed by atoms with Crippen molar-refractivity contribution in [2.24, 2.45) is 5.14 Å². The molecule has 0 aliphatic heterocycles. The first-order valence-corrected chi connectivity index (χ1v) is 9.92. The first kappa shape index (κ1) is 17.8. The number of carbonyl (C=O) groups excluding carboxylic acids is 1. The second-order valence-electron chi connectivity index (χ2n) is 5.34. The van der Waals surface area contributed by atoms with Gasteiger partial charge in [-0.25, -0.2) is 17.9 Å². The van der Waals surface area contributed by atoms with Crippen molar-refractivity contribution in [3.63, 3.8) is 0 Å². The number of benzene rings is 2. The van der Waals surface area contributed by atoms with Crippen LogP contribution in [0.3, 0.4) is 0 Å². The molecule has 0 atom stereocenters. The lowest BCUT2D eigenvalue weighted by Crippen LogP contribution is -2.14. The number of carbonyl (C=O) groups is 1.